The highest BCUT2D eigenvalue weighted by atomic mass is 32.2. The Kier molecular flexibility index (Phi) is 4.19. The molecule has 0 aromatic heterocycles. The molecule has 1 fully saturated rings. The highest BCUT2D eigenvalue weighted by Gasteiger charge is 2.45. The van der Waals surface area contributed by atoms with Gasteiger partial charge in [-0.1, -0.05) is 17.7 Å². The van der Waals surface area contributed by atoms with Crippen LogP contribution in [0.5, 0.6) is 0 Å². The first kappa shape index (κ1) is 16.4. The standard InChI is InChI=1S/C15H22O5S/c1-6-19-21(16,17)13-8-7-11(2)9-12(13)15(5)10-18-14(3,4)20-15/h7-9H,6,10H2,1-5H3/t15-/m1/s1. The number of aryl methyl sites for hydroxylation is 1. The number of hydrogen-bond donors (Lipinski definition) is 0. The molecular formula is C15H22O5S. The zero-order valence-corrected chi connectivity index (χ0v) is 13.9. The molecule has 1 aromatic carbocycles. The molecule has 1 aromatic rings. The van der Waals surface area contributed by atoms with Crippen LogP contribution in [0.4, 0.5) is 0 Å². The number of hydrogen-bond acceptors (Lipinski definition) is 5. The van der Waals surface area contributed by atoms with E-state index in [9.17, 15) is 8.42 Å². The van der Waals surface area contributed by atoms with Crippen LogP contribution in [0.3, 0.4) is 0 Å². The summed E-state index contributed by atoms with van der Waals surface area (Å²) >= 11 is 0. The lowest BCUT2D eigenvalue weighted by Gasteiger charge is -2.27. The van der Waals surface area contributed by atoms with Crippen molar-refractivity contribution >= 4 is 10.1 Å². The lowest BCUT2D eigenvalue weighted by Crippen LogP contribution is -2.30. The van der Waals surface area contributed by atoms with Crippen molar-refractivity contribution in [3.8, 4) is 0 Å². The predicted molar refractivity (Wildman–Crippen MR) is 78.5 cm³/mol. The second kappa shape index (κ2) is 5.35. The average molecular weight is 314 g/mol. The SMILES string of the molecule is CCOS(=O)(=O)c1ccc(C)cc1[C@@]1(C)COC(C)(C)O1. The predicted octanol–water partition coefficient (Wildman–Crippen LogP) is 2.72. The van der Waals surface area contributed by atoms with E-state index >= 15 is 0 Å². The van der Waals surface area contributed by atoms with Crippen molar-refractivity contribution in [1.82, 2.24) is 0 Å². The summed E-state index contributed by atoms with van der Waals surface area (Å²) in [6.45, 7) is 9.39. The zero-order valence-electron chi connectivity index (χ0n) is 13.1. The quantitative estimate of drug-likeness (QED) is 0.800. The fourth-order valence-corrected chi connectivity index (χ4v) is 3.76. The van der Waals surface area contributed by atoms with E-state index in [1.165, 1.54) is 0 Å². The van der Waals surface area contributed by atoms with Crippen LogP contribution in [0.2, 0.25) is 0 Å². The Labute approximate surface area is 126 Å². The van der Waals surface area contributed by atoms with Crippen LogP contribution >= 0.6 is 0 Å². The Bertz CT molecular complexity index is 635. The first-order valence-electron chi connectivity index (χ1n) is 6.94. The molecule has 1 heterocycles. The topological polar surface area (TPSA) is 61.8 Å². The van der Waals surface area contributed by atoms with Crippen molar-refractivity contribution in [2.45, 2.75) is 50.9 Å². The molecule has 6 heteroatoms. The van der Waals surface area contributed by atoms with E-state index in [-0.39, 0.29) is 18.1 Å². The normalized spacial score (nSPS) is 25.2. The van der Waals surface area contributed by atoms with Gasteiger partial charge in [-0.3, -0.25) is 4.18 Å². The van der Waals surface area contributed by atoms with Gasteiger partial charge in [-0.2, -0.15) is 8.42 Å². The Balaban J connectivity index is 2.56. The van der Waals surface area contributed by atoms with Crippen LogP contribution in [0.15, 0.2) is 23.1 Å². The monoisotopic (exact) mass is 314 g/mol. The van der Waals surface area contributed by atoms with Crippen LogP contribution in [0, 0.1) is 6.92 Å². The molecule has 0 saturated carbocycles. The minimum atomic E-state index is -3.81. The summed E-state index contributed by atoms with van der Waals surface area (Å²) < 4.78 is 41.1. The Hall–Kier alpha value is -0.950. The molecule has 0 bridgehead atoms. The van der Waals surface area contributed by atoms with E-state index in [0.29, 0.717) is 5.56 Å². The van der Waals surface area contributed by atoms with Gasteiger partial charge in [0.25, 0.3) is 10.1 Å². The summed E-state index contributed by atoms with van der Waals surface area (Å²) in [6, 6.07) is 5.13. The molecule has 0 amide bonds. The summed E-state index contributed by atoms with van der Waals surface area (Å²) in [5.41, 5.74) is 0.700. The molecule has 21 heavy (non-hydrogen) atoms. The Morgan fingerprint density at radius 2 is 1.95 bits per heavy atom. The second-order valence-electron chi connectivity index (χ2n) is 5.88. The van der Waals surface area contributed by atoms with Crippen LogP contribution in [0.25, 0.3) is 0 Å². The molecular weight excluding hydrogens is 292 g/mol. The first-order valence-corrected chi connectivity index (χ1v) is 8.35. The highest BCUT2D eigenvalue weighted by Crippen LogP contribution is 2.41. The van der Waals surface area contributed by atoms with Gasteiger partial charge in [-0.15, -0.1) is 0 Å². The first-order chi connectivity index (χ1) is 9.60. The second-order valence-corrected chi connectivity index (χ2v) is 7.47. The molecule has 2 rings (SSSR count). The number of ether oxygens (including phenoxy) is 2. The number of rotatable bonds is 4. The summed E-state index contributed by atoms with van der Waals surface area (Å²) in [6.07, 6.45) is 0. The van der Waals surface area contributed by atoms with Gasteiger partial charge in [0, 0.05) is 5.56 Å². The van der Waals surface area contributed by atoms with Crippen molar-refractivity contribution in [1.29, 1.82) is 0 Å². The molecule has 1 aliphatic rings. The molecule has 0 aliphatic carbocycles. The summed E-state index contributed by atoms with van der Waals surface area (Å²) in [7, 11) is -3.81. The van der Waals surface area contributed by atoms with Gasteiger partial charge in [0.1, 0.15) is 10.5 Å². The molecule has 1 atom stereocenters. The molecule has 1 aliphatic heterocycles. The lowest BCUT2D eigenvalue weighted by atomic mass is 9.95. The molecule has 0 radical (unpaired) electrons. The maximum absolute atomic E-state index is 12.3. The molecule has 0 spiro atoms. The summed E-state index contributed by atoms with van der Waals surface area (Å²) in [5, 5.41) is 0. The van der Waals surface area contributed by atoms with Gasteiger partial charge in [0.15, 0.2) is 5.79 Å². The summed E-state index contributed by atoms with van der Waals surface area (Å²) in [4.78, 5) is 0.138. The van der Waals surface area contributed by atoms with Crippen molar-refractivity contribution in [2.75, 3.05) is 13.2 Å². The minimum absolute atomic E-state index is 0.0925. The molecule has 1 saturated heterocycles. The van der Waals surface area contributed by atoms with Gasteiger partial charge in [-0.05, 0) is 40.7 Å². The Morgan fingerprint density at radius 3 is 2.48 bits per heavy atom. The minimum Gasteiger partial charge on any atom is -0.347 e. The van der Waals surface area contributed by atoms with E-state index in [1.807, 2.05) is 33.8 Å². The molecule has 118 valence electrons. The molecule has 0 unspecified atom stereocenters. The van der Waals surface area contributed by atoms with Crippen LogP contribution in [-0.4, -0.2) is 27.4 Å². The average Bonchev–Trinajstić information content (AvgIpc) is 2.64. The smallest absolute Gasteiger partial charge is 0.297 e. The fourth-order valence-electron chi connectivity index (χ4n) is 2.54. The van der Waals surface area contributed by atoms with Crippen LogP contribution in [-0.2, 0) is 29.4 Å². The third kappa shape index (κ3) is 3.29. The van der Waals surface area contributed by atoms with E-state index in [2.05, 4.69) is 0 Å². The zero-order chi connectivity index (χ0) is 15.9. The molecule has 5 nitrogen and oxygen atoms in total. The van der Waals surface area contributed by atoms with Gasteiger partial charge in [-0.25, -0.2) is 0 Å². The van der Waals surface area contributed by atoms with Crippen molar-refractivity contribution in [3.05, 3.63) is 29.3 Å². The molecule has 0 N–H and O–H groups in total. The largest absolute Gasteiger partial charge is 0.347 e. The lowest BCUT2D eigenvalue weighted by molar-refractivity contribution is -0.160. The van der Waals surface area contributed by atoms with Crippen molar-refractivity contribution < 1.29 is 22.1 Å². The third-order valence-corrected chi connectivity index (χ3v) is 4.85. The van der Waals surface area contributed by atoms with Crippen LogP contribution < -0.4 is 0 Å². The van der Waals surface area contributed by atoms with Crippen LogP contribution in [0.1, 0.15) is 38.8 Å². The van der Waals surface area contributed by atoms with Gasteiger partial charge in [0.05, 0.1) is 13.2 Å². The van der Waals surface area contributed by atoms with E-state index < -0.39 is 21.5 Å². The maximum atomic E-state index is 12.3. The fraction of sp³-hybridized carbons (Fsp3) is 0.600. The van der Waals surface area contributed by atoms with Crippen molar-refractivity contribution in [3.63, 3.8) is 0 Å². The Morgan fingerprint density at radius 1 is 1.29 bits per heavy atom. The summed E-state index contributed by atoms with van der Waals surface area (Å²) in [5.74, 6) is -0.745. The van der Waals surface area contributed by atoms with E-state index in [0.717, 1.165) is 5.56 Å². The number of benzene rings is 1. The van der Waals surface area contributed by atoms with E-state index in [1.54, 1.807) is 19.1 Å². The third-order valence-electron chi connectivity index (χ3n) is 3.41. The highest BCUT2D eigenvalue weighted by molar-refractivity contribution is 7.86. The van der Waals surface area contributed by atoms with Gasteiger partial charge < -0.3 is 9.47 Å². The van der Waals surface area contributed by atoms with Gasteiger partial charge in [0.2, 0.25) is 0 Å². The van der Waals surface area contributed by atoms with Crippen molar-refractivity contribution in [2.24, 2.45) is 0 Å². The maximum Gasteiger partial charge on any atom is 0.297 e. The van der Waals surface area contributed by atoms with E-state index in [4.69, 9.17) is 13.7 Å². The van der Waals surface area contributed by atoms with Gasteiger partial charge >= 0.3 is 0 Å².